The molecule has 1 rings (SSSR count). The molecule has 1 atom stereocenters. The topological polar surface area (TPSA) is 59.1 Å². The van der Waals surface area contributed by atoms with Crippen molar-refractivity contribution >= 4 is 28.0 Å². The van der Waals surface area contributed by atoms with Crippen LogP contribution in [-0.2, 0) is 14.3 Å². The number of allylic oxidation sites excluding steroid dienone is 2. The Morgan fingerprint density at radius 2 is 1.95 bits per heavy atom. The Morgan fingerprint density at radius 1 is 1.38 bits per heavy atom. The van der Waals surface area contributed by atoms with Gasteiger partial charge in [0.25, 0.3) is 0 Å². The van der Waals surface area contributed by atoms with Gasteiger partial charge in [0.1, 0.15) is 11.8 Å². The van der Waals surface area contributed by atoms with Crippen LogP contribution in [0.5, 0.6) is 0 Å². The van der Waals surface area contributed by atoms with Gasteiger partial charge < -0.3 is 14.4 Å². The van der Waals surface area contributed by atoms with Gasteiger partial charge >= 0.3 is 12.1 Å². The summed E-state index contributed by atoms with van der Waals surface area (Å²) in [5, 5.41) is 0. The van der Waals surface area contributed by atoms with Crippen LogP contribution in [0.4, 0.5) is 4.79 Å². The summed E-state index contributed by atoms with van der Waals surface area (Å²) in [5.74, 6) is -0.493. The molecular weight excluding hydrogens is 340 g/mol. The maximum atomic E-state index is 12.2. The number of hydrogen-bond acceptors (Lipinski definition) is 5. The van der Waals surface area contributed by atoms with E-state index in [9.17, 15) is 9.59 Å². The smallest absolute Gasteiger partial charge is 0.411 e. The molecule has 0 saturated carbocycles. The van der Waals surface area contributed by atoms with Crippen molar-refractivity contribution in [3.05, 3.63) is 22.3 Å². The molecule has 0 radical (unpaired) electrons. The molecule has 1 unspecified atom stereocenters. The molecule has 1 aliphatic rings. The number of ether oxygens (including phenoxy) is 2. The molecule has 0 N–H and O–H groups in total. The Kier molecular flexibility index (Phi) is 5.44. The van der Waals surface area contributed by atoms with E-state index < -0.39 is 23.8 Å². The normalized spacial score (nSPS) is 18.6. The molecule has 0 aliphatic carbocycles. The molecule has 21 heavy (non-hydrogen) atoms. The summed E-state index contributed by atoms with van der Waals surface area (Å²) in [5.41, 5.74) is -0.257. The quantitative estimate of drug-likeness (QED) is 0.708. The lowest BCUT2D eigenvalue weighted by molar-refractivity contribution is -0.137. The average molecular weight is 361 g/mol. The number of esters is 1. The van der Waals surface area contributed by atoms with Crippen molar-refractivity contribution in [3.8, 4) is 0 Å². The maximum absolute atomic E-state index is 12.2. The molecule has 7 heteroatoms. The summed E-state index contributed by atoms with van der Waals surface area (Å²) in [6.07, 6.45) is 2.31. The van der Waals surface area contributed by atoms with Crippen molar-refractivity contribution in [2.24, 2.45) is 0 Å². The van der Waals surface area contributed by atoms with Gasteiger partial charge in [0.15, 0.2) is 0 Å². The Labute approximate surface area is 133 Å². The van der Waals surface area contributed by atoms with E-state index in [0.29, 0.717) is 5.57 Å². The first-order valence-corrected chi connectivity index (χ1v) is 7.21. The zero-order valence-electron chi connectivity index (χ0n) is 13.1. The van der Waals surface area contributed by atoms with Gasteiger partial charge in [-0.25, -0.2) is 9.59 Å². The minimum absolute atomic E-state index is 0.350. The van der Waals surface area contributed by atoms with Gasteiger partial charge in [-0.3, -0.25) is 4.90 Å². The molecule has 0 saturated heterocycles. The standard InChI is InChI=1S/C14H21BrN2O4/c1-14(2,3)21-13(19)17(5)11-10(12(18)20-6)7-9(15)8-16(11)4/h7-8,11H,1-6H3. The minimum atomic E-state index is -0.607. The second kappa shape index (κ2) is 6.51. The van der Waals surface area contributed by atoms with Gasteiger partial charge in [0, 0.05) is 24.8 Å². The van der Waals surface area contributed by atoms with Crippen LogP contribution in [0.25, 0.3) is 0 Å². The molecule has 1 heterocycles. The predicted octanol–water partition coefficient (Wildman–Crippen LogP) is 2.46. The number of carbonyl (C=O) groups is 2. The number of nitrogens with zero attached hydrogens (tertiary/aromatic N) is 2. The summed E-state index contributed by atoms with van der Waals surface area (Å²) in [6.45, 7) is 5.37. The molecule has 0 aromatic heterocycles. The fourth-order valence-electron chi connectivity index (χ4n) is 1.94. The SMILES string of the molecule is COC(=O)C1=CC(Br)=CN(C)C1N(C)C(=O)OC(C)(C)C. The zero-order valence-corrected chi connectivity index (χ0v) is 14.7. The third-order valence-corrected chi connectivity index (χ3v) is 3.19. The second-order valence-electron chi connectivity index (χ2n) is 5.74. The van der Waals surface area contributed by atoms with Gasteiger partial charge in [-0.2, -0.15) is 0 Å². The number of hydrogen-bond donors (Lipinski definition) is 0. The van der Waals surface area contributed by atoms with E-state index in [0.717, 1.165) is 4.48 Å². The van der Waals surface area contributed by atoms with E-state index in [1.807, 2.05) is 0 Å². The number of rotatable bonds is 2. The summed E-state index contributed by atoms with van der Waals surface area (Å²) in [6, 6.07) is 0. The first-order chi connectivity index (χ1) is 9.56. The molecule has 6 nitrogen and oxygen atoms in total. The van der Waals surface area contributed by atoms with E-state index in [-0.39, 0.29) is 0 Å². The van der Waals surface area contributed by atoms with Crippen LogP contribution in [-0.4, -0.2) is 54.8 Å². The molecule has 0 bridgehead atoms. The van der Waals surface area contributed by atoms with Crippen molar-refractivity contribution in [2.45, 2.75) is 32.5 Å². The minimum Gasteiger partial charge on any atom is -0.466 e. The van der Waals surface area contributed by atoms with Crippen LogP contribution in [0.3, 0.4) is 0 Å². The summed E-state index contributed by atoms with van der Waals surface area (Å²) in [4.78, 5) is 27.2. The van der Waals surface area contributed by atoms with Crippen LogP contribution in [0, 0.1) is 0 Å². The van der Waals surface area contributed by atoms with Crippen molar-refractivity contribution in [1.82, 2.24) is 9.80 Å². The van der Waals surface area contributed by atoms with Crippen LogP contribution in [0.1, 0.15) is 20.8 Å². The molecule has 1 amide bonds. The molecular formula is C14H21BrN2O4. The third kappa shape index (κ3) is 4.49. The summed E-state index contributed by atoms with van der Waals surface area (Å²) in [7, 11) is 4.65. The fraction of sp³-hybridized carbons (Fsp3) is 0.571. The summed E-state index contributed by atoms with van der Waals surface area (Å²) >= 11 is 3.33. The van der Waals surface area contributed by atoms with Crippen LogP contribution in [0.15, 0.2) is 22.3 Å². The van der Waals surface area contributed by atoms with E-state index >= 15 is 0 Å². The molecule has 0 aromatic carbocycles. The summed E-state index contributed by atoms with van der Waals surface area (Å²) < 4.78 is 10.8. The molecule has 0 fully saturated rings. The van der Waals surface area contributed by atoms with Crippen molar-refractivity contribution in [2.75, 3.05) is 21.2 Å². The molecule has 0 aromatic rings. The highest BCUT2D eigenvalue weighted by atomic mass is 79.9. The first kappa shape index (κ1) is 17.6. The van der Waals surface area contributed by atoms with E-state index in [1.54, 1.807) is 52.0 Å². The fourth-order valence-corrected chi connectivity index (χ4v) is 2.51. The Bertz CT molecular complexity index is 494. The zero-order chi connectivity index (χ0) is 16.4. The number of likely N-dealkylation sites (N-methyl/N-ethyl adjacent to an activating group) is 2. The van der Waals surface area contributed by atoms with Gasteiger partial charge in [-0.1, -0.05) is 0 Å². The van der Waals surface area contributed by atoms with Crippen molar-refractivity contribution in [1.29, 1.82) is 0 Å². The predicted molar refractivity (Wildman–Crippen MR) is 82.7 cm³/mol. The largest absolute Gasteiger partial charge is 0.466 e. The third-order valence-electron chi connectivity index (χ3n) is 2.75. The second-order valence-corrected chi connectivity index (χ2v) is 6.65. The van der Waals surface area contributed by atoms with Crippen LogP contribution < -0.4 is 0 Å². The van der Waals surface area contributed by atoms with E-state index in [1.165, 1.54) is 12.0 Å². The maximum Gasteiger partial charge on any atom is 0.411 e. The van der Waals surface area contributed by atoms with Crippen LogP contribution in [0.2, 0.25) is 0 Å². The van der Waals surface area contributed by atoms with Gasteiger partial charge in [-0.15, -0.1) is 0 Å². The number of carbonyl (C=O) groups excluding carboxylic acids is 2. The highest BCUT2D eigenvalue weighted by Crippen LogP contribution is 2.26. The lowest BCUT2D eigenvalue weighted by atomic mass is 10.1. The van der Waals surface area contributed by atoms with E-state index in [4.69, 9.17) is 9.47 Å². The van der Waals surface area contributed by atoms with Gasteiger partial charge in [0.05, 0.1) is 12.7 Å². The lowest BCUT2D eigenvalue weighted by Crippen LogP contribution is -2.50. The van der Waals surface area contributed by atoms with Gasteiger partial charge in [-0.05, 0) is 42.8 Å². The van der Waals surface area contributed by atoms with Crippen LogP contribution >= 0.6 is 15.9 Å². The molecule has 118 valence electrons. The van der Waals surface area contributed by atoms with E-state index in [2.05, 4.69) is 15.9 Å². The number of amides is 1. The van der Waals surface area contributed by atoms with Gasteiger partial charge in [0.2, 0.25) is 0 Å². The highest BCUT2D eigenvalue weighted by molar-refractivity contribution is 9.11. The average Bonchev–Trinajstić information content (AvgIpc) is 2.34. The Hall–Kier alpha value is -1.50. The van der Waals surface area contributed by atoms with Crippen molar-refractivity contribution in [3.63, 3.8) is 0 Å². The monoisotopic (exact) mass is 360 g/mol. The Morgan fingerprint density at radius 3 is 2.43 bits per heavy atom. The first-order valence-electron chi connectivity index (χ1n) is 6.42. The lowest BCUT2D eigenvalue weighted by Gasteiger charge is -2.38. The number of methoxy groups -OCH3 is 1. The highest BCUT2D eigenvalue weighted by Gasteiger charge is 2.35. The molecule has 1 aliphatic heterocycles. The number of halogens is 1. The Balaban J connectivity index is 3.05. The molecule has 0 spiro atoms. The van der Waals surface area contributed by atoms with Crippen molar-refractivity contribution < 1.29 is 19.1 Å².